The second kappa shape index (κ2) is 5.40. The minimum atomic E-state index is -0.743. The minimum absolute atomic E-state index is 0.103. The average molecular weight is 249 g/mol. The summed E-state index contributed by atoms with van der Waals surface area (Å²) in [4.78, 5) is 10.4. The first-order valence-corrected chi connectivity index (χ1v) is 6.38. The highest BCUT2D eigenvalue weighted by atomic mass is 16.4. The zero-order valence-electron chi connectivity index (χ0n) is 10.4. The highest BCUT2D eigenvalue weighted by Crippen LogP contribution is 2.32. The fraction of sp³-hybridized carbons (Fsp3) is 0.500. The number of benzene rings is 1. The number of aryl methyl sites for hydroxylation is 1. The van der Waals surface area contributed by atoms with Crippen molar-refractivity contribution in [3.8, 4) is 5.75 Å². The van der Waals surface area contributed by atoms with Crippen molar-refractivity contribution < 1.29 is 15.0 Å². The van der Waals surface area contributed by atoms with Gasteiger partial charge in [-0.3, -0.25) is 4.79 Å². The Kier molecular flexibility index (Phi) is 3.87. The van der Waals surface area contributed by atoms with Gasteiger partial charge in [0, 0.05) is 12.5 Å². The van der Waals surface area contributed by atoms with E-state index in [1.807, 2.05) is 6.07 Å². The van der Waals surface area contributed by atoms with Crippen LogP contribution in [0.15, 0.2) is 12.1 Å². The van der Waals surface area contributed by atoms with E-state index in [1.54, 1.807) is 6.07 Å². The first-order valence-electron chi connectivity index (χ1n) is 6.38. The predicted molar refractivity (Wildman–Crippen MR) is 68.7 cm³/mol. The van der Waals surface area contributed by atoms with Crippen LogP contribution in [0.2, 0.25) is 0 Å². The summed E-state index contributed by atoms with van der Waals surface area (Å²) in [5.41, 5.74) is 9.30. The lowest BCUT2D eigenvalue weighted by molar-refractivity contribution is -0.137. The van der Waals surface area contributed by atoms with E-state index in [0.29, 0.717) is 12.2 Å². The molecule has 0 spiro atoms. The summed E-state index contributed by atoms with van der Waals surface area (Å²) >= 11 is 0. The molecule has 0 amide bonds. The number of carbonyl (C=O) groups is 1. The first-order chi connectivity index (χ1) is 8.58. The van der Waals surface area contributed by atoms with Crippen molar-refractivity contribution in [2.24, 2.45) is 5.73 Å². The topological polar surface area (TPSA) is 83.5 Å². The Balaban J connectivity index is 2.02. The molecule has 18 heavy (non-hydrogen) atoms. The van der Waals surface area contributed by atoms with Crippen molar-refractivity contribution in [1.29, 1.82) is 0 Å². The van der Waals surface area contributed by atoms with Crippen molar-refractivity contribution in [1.82, 2.24) is 0 Å². The molecular formula is C14H19NO3. The number of hydrogen-bond donors (Lipinski definition) is 3. The highest BCUT2D eigenvalue weighted by Gasteiger charge is 2.23. The van der Waals surface area contributed by atoms with Crippen LogP contribution in [-0.2, 0) is 24.1 Å². The molecule has 0 fully saturated rings. The van der Waals surface area contributed by atoms with Gasteiger partial charge in [0.15, 0.2) is 0 Å². The molecule has 0 aromatic heterocycles. The maximum absolute atomic E-state index is 10.4. The normalized spacial score (nSPS) is 17.7. The lowest BCUT2D eigenvalue weighted by Crippen LogP contribution is -2.19. The van der Waals surface area contributed by atoms with E-state index in [2.05, 4.69) is 0 Å². The Morgan fingerprint density at radius 3 is 2.72 bits per heavy atom. The number of fused-ring (bicyclic) bond motifs is 1. The third-order valence-corrected chi connectivity index (χ3v) is 3.52. The predicted octanol–water partition coefficient (Wildman–Crippen LogP) is 1.62. The standard InChI is InChI=1S/C14H19NO3/c15-10-7-11-9(3-1-2-4-14(17)18)5-6-13(16)12(11)8-10/h5-6,10,16H,1-4,7-8,15H2,(H,17,18). The van der Waals surface area contributed by atoms with Crippen LogP contribution >= 0.6 is 0 Å². The molecule has 0 saturated heterocycles. The molecule has 4 N–H and O–H groups in total. The molecule has 4 heteroatoms. The second-order valence-corrected chi connectivity index (χ2v) is 4.97. The molecule has 0 bridgehead atoms. The Bertz CT molecular complexity index is 457. The molecule has 98 valence electrons. The monoisotopic (exact) mass is 249 g/mol. The van der Waals surface area contributed by atoms with E-state index in [0.717, 1.165) is 31.2 Å². The fourth-order valence-electron chi connectivity index (χ4n) is 2.63. The van der Waals surface area contributed by atoms with Gasteiger partial charge in [-0.05, 0) is 54.9 Å². The quantitative estimate of drug-likeness (QED) is 0.692. The van der Waals surface area contributed by atoms with Gasteiger partial charge in [0.05, 0.1) is 0 Å². The number of phenolic OH excluding ortho intramolecular Hbond substituents is 1. The van der Waals surface area contributed by atoms with Gasteiger partial charge in [0.1, 0.15) is 5.75 Å². The van der Waals surface area contributed by atoms with Crippen molar-refractivity contribution in [2.75, 3.05) is 0 Å². The number of rotatable bonds is 5. The summed E-state index contributed by atoms with van der Waals surface area (Å²) in [7, 11) is 0. The SMILES string of the molecule is NC1Cc2c(O)ccc(CCCCC(=O)O)c2C1. The summed E-state index contributed by atoms with van der Waals surface area (Å²) in [5, 5.41) is 18.4. The first kappa shape index (κ1) is 12.9. The fourth-order valence-corrected chi connectivity index (χ4v) is 2.63. The van der Waals surface area contributed by atoms with E-state index in [-0.39, 0.29) is 12.5 Å². The molecule has 1 aromatic rings. The number of hydrogen-bond acceptors (Lipinski definition) is 3. The largest absolute Gasteiger partial charge is 0.508 e. The van der Waals surface area contributed by atoms with E-state index in [4.69, 9.17) is 10.8 Å². The molecule has 1 aromatic carbocycles. The molecule has 1 aliphatic carbocycles. The van der Waals surface area contributed by atoms with Gasteiger partial charge >= 0.3 is 5.97 Å². The van der Waals surface area contributed by atoms with Gasteiger partial charge in [0.2, 0.25) is 0 Å². The van der Waals surface area contributed by atoms with Gasteiger partial charge in [0.25, 0.3) is 0 Å². The van der Waals surface area contributed by atoms with Crippen LogP contribution in [0.25, 0.3) is 0 Å². The van der Waals surface area contributed by atoms with Gasteiger partial charge in [-0.15, -0.1) is 0 Å². The molecule has 0 aliphatic heterocycles. The smallest absolute Gasteiger partial charge is 0.303 e. The maximum atomic E-state index is 10.4. The van der Waals surface area contributed by atoms with Gasteiger partial charge in [-0.1, -0.05) is 6.07 Å². The highest BCUT2D eigenvalue weighted by molar-refractivity contribution is 5.66. The van der Waals surface area contributed by atoms with Gasteiger partial charge < -0.3 is 15.9 Å². The number of phenols is 1. The molecule has 1 unspecified atom stereocenters. The average Bonchev–Trinajstić information content (AvgIpc) is 2.69. The van der Waals surface area contributed by atoms with Crippen molar-refractivity contribution in [3.63, 3.8) is 0 Å². The van der Waals surface area contributed by atoms with Crippen LogP contribution in [0.1, 0.15) is 36.0 Å². The molecule has 2 rings (SSSR count). The van der Waals surface area contributed by atoms with Crippen LogP contribution in [0, 0.1) is 0 Å². The van der Waals surface area contributed by atoms with Crippen LogP contribution < -0.4 is 5.73 Å². The van der Waals surface area contributed by atoms with Crippen molar-refractivity contribution in [2.45, 2.75) is 44.6 Å². The van der Waals surface area contributed by atoms with Gasteiger partial charge in [-0.25, -0.2) is 0 Å². The summed E-state index contributed by atoms with van der Waals surface area (Å²) in [6.07, 6.45) is 4.19. The minimum Gasteiger partial charge on any atom is -0.508 e. The Morgan fingerprint density at radius 1 is 1.28 bits per heavy atom. The molecule has 0 saturated carbocycles. The molecule has 4 nitrogen and oxygen atoms in total. The number of aliphatic carboxylic acids is 1. The second-order valence-electron chi connectivity index (χ2n) is 4.97. The number of aromatic hydroxyl groups is 1. The summed E-state index contributed by atoms with van der Waals surface area (Å²) in [6, 6.07) is 3.77. The number of nitrogens with two attached hydrogens (primary N) is 1. The Morgan fingerprint density at radius 2 is 2.00 bits per heavy atom. The summed E-state index contributed by atoms with van der Waals surface area (Å²) in [5.74, 6) is -0.403. The number of carboxylic acids is 1. The van der Waals surface area contributed by atoms with Crippen LogP contribution in [0.5, 0.6) is 5.75 Å². The van der Waals surface area contributed by atoms with Crippen LogP contribution in [-0.4, -0.2) is 22.2 Å². The molecule has 0 radical (unpaired) electrons. The van der Waals surface area contributed by atoms with Crippen molar-refractivity contribution >= 4 is 5.97 Å². The third kappa shape index (κ3) is 2.82. The van der Waals surface area contributed by atoms with E-state index in [9.17, 15) is 9.90 Å². The van der Waals surface area contributed by atoms with Crippen molar-refractivity contribution in [3.05, 3.63) is 28.8 Å². The molecule has 1 atom stereocenters. The zero-order chi connectivity index (χ0) is 13.1. The van der Waals surface area contributed by atoms with Crippen LogP contribution in [0.3, 0.4) is 0 Å². The molecule has 1 aliphatic rings. The summed E-state index contributed by atoms with van der Waals surface area (Å²) < 4.78 is 0. The maximum Gasteiger partial charge on any atom is 0.303 e. The van der Waals surface area contributed by atoms with E-state index >= 15 is 0 Å². The third-order valence-electron chi connectivity index (χ3n) is 3.52. The summed E-state index contributed by atoms with van der Waals surface area (Å²) in [6.45, 7) is 0. The number of unbranched alkanes of at least 4 members (excludes halogenated alkanes) is 1. The lowest BCUT2D eigenvalue weighted by Gasteiger charge is -2.09. The van der Waals surface area contributed by atoms with E-state index in [1.165, 1.54) is 11.1 Å². The van der Waals surface area contributed by atoms with Crippen LogP contribution in [0.4, 0.5) is 0 Å². The number of carboxylic acid groups (broad SMARTS) is 1. The zero-order valence-corrected chi connectivity index (χ0v) is 10.4. The molecule has 0 heterocycles. The Labute approximate surface area is 106 Å². The lowest BCUT2D eigenvalue weighted by atomic mass is 9.97. The van der Waals surface area contributed by atoms with Gasteiger partial charge in [-0.2, -0.15) is 0 Å². The molecular weight excluding hydrogens is 230 g/mol. The van der Waals surface area contributed by atoms with E-state index < -0.39 is 5.97 Å². The Hall–Kier alpha value is -1.55.